The lowest BCUT2D eigenvalue weighted by atomic mass is 10.1. The Labute approximate surface area is 121 Å². The maximum atomic E-state index is 11.9. The highest BCUT2D eigenvalue weighted by Crippen LogP contribution is 2.17. The van der Waals surface area contributed by atoms with Crippen LogP contribution in [0, 0.1) is 6.92 Å². The SMILES string of the molecule is Cc1cc(NC(=O)Cn2cc(-c3ccccc3)cn2)on1. The van der Waals surface area contributed by atoms with E-state index in [0.29, 0.717) is 5.88 Å². The zero-order chi connectivity index (χ0) is 14.7. The summed E-state index contributed by atoms with van der Waals surface area (Å²) in [5, 5.41) is 10.5. The summed E-state index contributed by atoms with van der Waals surface area (Å²) in [4.78, 5) is 11.9. The van der Waals surface area contributed by atoms with Gasteiger partial charge in [-0.05, 0) is 12.5 Å². The van der Waals surface area contributed by atoms with E-state index < -0.39 is 0 Å². The summed E-state index contributed by atoms with van der Waals surface area (Å²) in [6.07, 6.45) is 3.57. The fourth-order valence-electron chi connectivity index (χ4n) is 1.98. The zero-order valence-corrected chi connectivity index (χ0v) is 11.5. The van der Waals surface area contributed by atoms with Crippen LogP contribution in [-0.2, 0) is 11.3 Å². The second-order valence-corrected chi connectivity index (χ2v) is 4.67. The van der Waals surface area contributed by atoms with E-state index in [-0.39, 0.29) is 12.5 Å². The largest absolute Gasteiger partial charge is 0.338 e. The standard InChI is InChI=1S/C15H14N4O2/c1-11-7-15(21-18-11)17-14(20)10-19-9-13(8-16-19)12-5-3-2-4-6-12/h2-9H,10H2,1H3,(H,17,20). The summed E-state index contributed by atoms with van der Waals surface area (Å²) < 4.78 is 6.52. The fraction of sp³-hybridized carbons (Fsp3) is 0.133. The Morgan fingerprint density at radius 2 is 2.10 bits per heavy atom. The third kappa shape index (κ3) is 3.17. The Morgan fingerprint density at radius 3 is 2.81 bits per heavy atom. The van der Waals surface area contributed by atoms with Crippen molar-refractivity contribution in [2.45, 2.75) is 13.5 Å². The molecule has 0 spiro atoms. The minimum Gasteiger partial charge on any atom is -0.338 e. The highest BCUT2D eigenvalue weighted by molar-refractivity contribution is 5.89. The van der Waals surface area contributed by atoms with E-state index >= 15 is 0 Å². The monoisotopic (exact) mass is 282 g/mol. The first-order valence-electron chi connectivity index (χ1n) is 6.52. The number of aryl methyl sites for hydroxylation is 1. The summed E-state index contributed by atoms with van der Waals surface area (Å²) in [5.74, 6) is 0.127. The minimum absolute atomic E-state index is 0.118. The average Bonchev–Trinajstić information content (AvgIpc) is 3.09. The molecule has 0 bridgehead atoms. The van der Waals surface area contributed by atoms with E-state index in [1.807, 2.05) is 36.5 Å². The van der Waals surface area contributed by atoms with E-state index in [9.17, 15) is 4.79 Å². The summed E-state index contributed by atoms with van der Waals surface area (Å²) in [6.45, 7) is 1.91. The molecule has 106 valence electrons. The van der Waals surface area contributed by atoms with Gasteiger partial charge in [0.25, 0.3) is 0 Å². The normalized spacial score (nSPS) is 10.5. The van der Waals surface area contributed by atoms with Gasteiger partial charge in [0.05, 0.1) is 11.9 Å². The molecular formula is C15H14N4O2. The van der Waals surface area contributed by atoms with Gasteiger partial charge < -0.3 is 4.52 Å². The molecule has 21 heavy (non-hydrogen) atoms. The predicted molar refractivity (Wildman–Crippen MR) is 77.5 cm³/mol. The Kier molecular flexibility index (Phi) is 3.51. The molecule has 2 aromatic heterocycles. The van der Waals surface area contributed by atoms with Crippen molar-refractivity contribution in [3.05, 3.63) is 54.5 Å². The van der Waals surface area contributed by atoms with Gasteiger partial charge in [0.1, 0.15) is 6.54 Å². The van der Waals surface area contributed by atoms with Crippen molar-refractivity contribution in [1.82, 2.24) is 14.9 Å². The molecule has 2 heterocycles. The first-order valence-corrected chi connectivity index (χ1v) is 6.52. The Bertz CT molecular complexity index is 746. The van der Waals surface area contributed by atoms with Crippen molar-refractivity contribution >= 4 is 11.8 Å². The molecule has 0 saturated carbocycles. The van der Waals surface area contributed by atoms with Gasteiger partial charge in [0.15, 0.2) is 0 Å². The number of rotatable bonds is 4. The molecular weight excluding hydrogens is 268 g/mol. The van der Waals surface area contributed by atoms with E-state index in [4.69, 9.17) is 4.52 Å². The van der Waals surface area contributed by atoms with Crippen molar-refractivity contribution in [2.75, 3.05) is 5.32 Å². The second-order valence-electron chi connectivity index (χ2n) is 4.67. The van der Waals surface area contributed by atoms with Crippen LogP contribution in [0.1, 0.15) is 5.69 Å². The number of hydrogen-bond donors (Lipinski definition) is 1. The number of hydrogen-bond acceptors (Lipinski definition) is 4. The van der Waals surface area contributed by atoms with Crippen LogP contribution in [0.2, 0.25) is 0 Å². The summed E-state index contributed by atoms with van der Waals surface area (Å²) >= 11 is 0. The van der Waals surface area contributed by atoms with Gasteiger partial charge >= 0.3 is 0 Å². The average molecular weight is 282 g/mol. The van der Waals surface area contributed by atoms with E-state index in [1.165, 1.54) is 0 Å². The van der Waals surface area contributed by atoms with Gasteiger partial charge in [-0.1, -0.05) is 35.5 Å². The smallest absolute Gasteiger partial charge is 0.248 e. The van der Waals surface area contributed by atoms with Crippen molar-refractivity contribution in [1.29, 1.82) is 0 Å². The van der Waals surface area contributed by atoms with Gasteiger partial charge in [-0.3, -0.25) is 14.8 Å². The number of amides is 1. The first kappa shape index (κ1) is 13.1. The summed E-state index contributed by atoms with van der Waals surface area (Å²) in [6, 6.07) is 11.5. The number of nitrogens with zero attached hydrogens (tertiary/aromatic N) is 3. The third-order valence-corrected chi connectivity index (χ3v) is 2.94. The summed E-state index contributed by atoms with van der Waals surface area (Å²) in [5.41, 5.74) is 2.75. The third-order valence-electron chi connectivity index (χ3n) is 2.94. The van der Waals surface area contributed by atoms with Crippen LogP contribution < -0.4 is 5.32 Å². The second kappa shape index (κ2) is 5.62. The Hall–Kier alpha value is -2.89. The zero-order valence-electron chi connectivity index (χ0n) is 11.5. The molecule has 0 fully saturated rings. The maximum absolute atomic E-state index is 11.9. The Balaban J connectivity index is 1.66. The van der Waals surface area contributed by atoms with Gasteiger partial charge in [-0.2, -0.15) is 5.10 Å². The molecule has 0 aliphatic rings. The predicted octanol–water partition coefficient (Wildman–Crippen LogP) is 2.49. The van der Waals surface area contributed by atoms with Gasteiger partial charge in [0.2, 0.25) is 11.8 Å². The summed E-state index contributed by atoms with van der Waals surface area (Å²) in [7, 11) is 0. The van der Waals surface area contributed by atoms with Crippen LogP contribution in [0.25, 0.3) is 11.1 Å². The van der Waals surface area contributed by atoms with Crippen molar-refractivity contribution < 1.29 is 9.32 Å². The molecule has 1 amide bonds. The van der Waals surface area contributed by atoms with Gasteiger partial charge in [0, 0.05) is 17.8 Å². The molecule has 1 N–H and O–H groups in total. The molecule has 0 unspecified atom stereocenters. The quantitative estimate of drug-likeness (QED) is 0.798. The van der Waals surface area contributed by atoms with Gasteiger partial charge in [-0.25, -0.2) is 0 Å². The first-order chi connectivity index (χ1) is 10.2. The van der Waals surface area contributed by atoms with Crippen molar-refractivity contribution in [2.24, 2.45) is 0 Å². The van der Waals surface area contributed by atoms with Crippen LogP contribution in [0.15, 0.2) is 53.3 Å². The lowest BCUT2D eigenvalue weighted by Crippen LogP contribution is -2.18. The molecule has 0 atom stereocenters. The van der Waals surface area contributed by atoms with Crippen LogP contribution in [0.5, 0.6) is 0 Å². The molecule has 1 aromatic carbocycles. The molecule has 0 aliphatic carbocycles. The number of aromatic nitrogens is 3. The van der Waals surface area contributed by atoms with E-state index in [0.717, 1.165) is 16.8 Å². The van der Waals surface area contributed by atoms with Gasteiger partial charge in [-0.15, -0.1) is 0 Å². The van der Waals surface area contributed by atoms with Crippen molar-refractivity contribution in [3.8, 4) is 11.1 Å². The molecule has 6 nitrogen and oxygen atoms in total. The van der Waals surface area contributed by atoms with Crippen LogP contribution in [0.3, 0.4) is 0 Å². The van der Waals surface area contributed by atoms with E-state index in [2.05, 4.69) is 15.6 Å². The number of nitrogens with one attached hydrogen (secondary N) is 1. The van der Waals surface area contributed by atoms with E-state index in [1.54, 1.807) is 23.9 Å². The molecule has 0 aliphatic heterocycles. The highest BCUT2D eigenvalue weighted by atomic mass is 16.5. The molecule has 3 rings (SSSR count). The molecule has 6 heteroatoms. The van der Waals surface area contributed by atoms with Crippen LogP contribution in [0.4, 0.5) is 5.88 Å². The fourth-order valence-corrected chi connectivity index (χ4v) is 1.98. The lowest BCUT2D eigenvalue weighted by molar-refractivity contribution is -0.117. The van der Waals surface area contributed by atoms with Crippen LogP contribution in [-0.4, -0.2) is 20.8 Å². The topological polar surface area (TPSA) is 73.0 Å². The number of carbonyl (C=O) groups is 1. The Morgan fingerprint density at radius 1 is 1.29 bits per heavy atom. The lowest BCUT2D eigenvalue weighted by Gasteiger charge is -2.01. The van der Waals surface area contributed by atoms with Crippen molar-refractivity contribution in [3.63, 3.8) is 0 Å². The number of carbonyl (C=O) groups excluding carboxylic acids is 1. The molecule has 0 radical (unpaired) electrons. The maximum Gasteiger partial charge on any atom is 0.248 e. The van der Waals surface area contributed by atoms with Crippen LogP contribution >= 0.6 is 0 Å². The molecule has 3 aromatic rings. The highest BCUT2D eigenvalue weighted by Gasteiger charge is 2.09. The number of anilines is 1. The minimum atomic E-state index is -0.214. The molecule has 0 saturated heterocycles. The number of benzene rings is 1.